The molecular formula is C52H32N4. The number of para-hydroxylation sites is 4. The Labute approximate surface area is 322 Å². The molecule has 1 aliphatic carbocycles. The van der Waals surface area contributed by atoms with Crippen molar-refractivity contribution < 1.29 is 0 Å². The minimum absolute atomic E-state index is 1.13. The number of imidazole rings is 2. The standard InChI is InChI=1S/C52H32N4/c1-9-21-45-33(13-1)29-51-54(47-23-11-12-24-48(47)55(45)51)36-26-28-49-50(32-36)56-46-22-10-2-14-34(46)30-52(56)53(49)35-25-27-43-41-19-6-5-17-39(41)37-15-3-4-16-38(37)40-18-7-8-20-42(40)44(43)31-35/h1-32H. The maximum atomic E-state index is 2.45. The molecule has 4 heterocycles. The fourth-order valence-electron chi connectivity index (χ4n) is 9.75. The first-order valence-electron chi connectivity index (χ1n) is 19.3. The van der Waals surface area contributed by atoms with Crippen LogP contribution in [0.25, 0.3) is 111 Å². The summed E-state index contributed by atoms with van der Waals surface area (Å²) >= 11 is 0. The van der Waals surface area contributed by atoms with E-state index in [1.54, 1.807) is 0 Å². The van der Waals surface area contributed by atoms with Gasteiger partial charge in [-0.15, -0.1) is 0 Å². The lowest BCUT2D eigenvalue weighted by Gasteiger charge is -2.23. The molecule has 0 aliphatic heterocycles. The largest absolute Gasteiger partial charge is 0.294 e. The molecule has 0 spiro atoms. The van der Waals surface area contributed by atoms with E-state index in [2.05, 4.69) is 212 Å². The smallest absolute Gasteiger partial charge is 0.123 e. The molecule has 0 fully saturated rings. The monoisotopic (exact) mass is 712 g/mol. The molecule has 0 N–H and O–H groups in total. The van der Waals surface area contributed by atoms with Crippen LogP contribution in [0.3, 0.4) is 0 Å². The number of hydrogen-bond acceptors (Lipinski definition) is 0. The van der Waals surface area contributed by atoms with Crippen LogP contribution in [0.4, 0.5) is 0 Å². The zero-order valence-corrected chi connectivity index (χ0v) is 30.3. The van der Waals surface area contributed by atoms with Crippen molar-refractivity contribution in [2.24, 2.45) is 0 Å². The molecule has 4 heteroatoms. The van der Waals surface area contributed by atoms with Gasteiger partial charge in [0.1, 0.15) is 11.3 Å². The summed E-state index contributed by atoms with van der Waals surface area (Å²) in [7, 11) is 0. The van der Waals surface area contributed by atoms with Gasteiger partial charge in [-0.25, -0.2) is 0 Å². The highest BCUT2D eigenvalue weighted by molar-refractivity contribution is 6.04. The molecule has 0 radical (unpaired) electrons. The highest BCUT2D eigenvalue weighted by atomic mass is 15.2. The van der Waals surface area contributed by atoms with Gasteiger partial charge in [0, 0.05) is 22.1 Å². The van der Waals surface area contributed by atoms with Crippen LogP contribution in [0.5, 0.6) is 0 Å². The van der Waals surface area contributed by atoms with Crippen LogP contribution in [0.15, 0.2) is 194 Å². The Morgan fingerprint density at radius 1 is 0.232 bits per heavy atom. The zero-order chi connectivity index (χ0) is 36.5. The predicted octanol–water partition coefficient (Wildman–Crippen LogP) is 13.4. The maximum Gasteiger partial charge on any atom is 0.123 e. The second kappa shape index (κ2) is 11.0. The Hall–Kier alpha value is -7.56. The van der Waals surface area contributed by atoms with Gasteiger partial charge in [-0.3, -0.25) is 17.9 Å². The number of fused-ring (bicyclic) bond motifs is 18. The molecule has 13 rings (SSSR count). The second-order valence-corrected chi connectivity index (χ2v) is 15.0. The molecule has 0 saturated carbocycles. The van der Waals surface area contributed by atoms with Crippen LogP contribution >= 0.6 is 0 Å². The van der Waals surface area contributed by atoms with Crippen LogP contribution in [-0.2, 0) is 0 Å². The summed E-state index contributed by atoms with van der Waals surface area (Å²) in [5.41, 5.74) is 21.7. The van der Waals surface area contributed by atoms with Gasteiger partial charge in [-0.1, -0.05) is 127 Å². The lowest BCUT2D eigenvalue weighted by Crippen LogP contribution is -2.00. The third kappa shape index (κ3) is 3.92. The van der Waals surface area contributed by atoms with E-state index < -0.39 is 0 Å². The van der Waals surface area contributed by atoms with E-state index in [1.165, 1.54) is 77.3 Å². The van der Waals surface area contributed by atoms with Crippen LogP contribution in [0.2, 0.25) is 0 Å². The molecule has 0 amide bonds. The second-order valence-electron chi connectivity index (χ2n) is 15.0. The number of hydrogen-bond donors (Lipinski definition) is 0. The minimum atomic E-state index is 1.13. The third-order valence-electron chi connectivity index (χ3n) is 12.1. The Morgan fingerprint density at radius 3 is 1.16 bits per heavy atom. The molecule has 1 aliphatic rings. The minimum Gasteiger partial charge on any atom is -0.294 e. The molecule has 4 nitrogen and oxygen atoms in total. The first-order valence-corrected chi connectivity index (χ1v) is 19.3. The van der Waals surface area contributed by atoms with E-state index in [0.29, 0.717) is 0 Å². The van der Waals surface area contributed by atoms with Gasteiger partial charge < -0.3 is 0 Å². The van der Waals surface area contributed by atoms with Crippen molar-refractivity contribution in [1.29, 1.82) is 0 Å². The van der Waals surface area contributed by atoms with Crippen molar-refractivity contribution in [3.63, 3.8) is 0 Å². The summed E-state index contributed by atoms with van der Waals surface area (Å²) in [6.45, 7) is 0. The number of rotatable bonds is 2. The Morgan fingerprint density at radius 2 is 0.607 bits per heavy atom. The van der Waals surface area contributed by atoms with E-state index in [9.17, 15) is 0 Å². The van der Waals surface area contributed by atoms with Gasteiger partial charge in [0.2, 0.25) is 0 Å². The Bertz CT molecular complexity index is 3600. The van der Waals surface area contributed by atoms with E-state index in [4.69, 9.17) is 0 Å². The molecule has 0 atom stereocenters. The molecule has 0 saturated heterocycles. The Kier molecular flexibility index (Phi) is 5.86. The predicted molar refractivity (Wildman–Crippen MR) is 232 cm³/mol. The molecule has 12 aromatic rings. The number of nitrogens with zero attached hydrogens (tertiary/aromatic N) is 4. The normalized spacial score (nSPS) is 12.3. The molecule has 0 bridgehead atoms. The van der Waals surface area contributed by atoms with Crippen molar-refractivity contribution >= 4 is 55.2 Å². The molecular weight excluding hydrogens is 681 g/mol. The molecule has 0 unspecified atom stereocenters. The average molecular weight is 713 g/mol. The first-order chi connectivity index (χ1) is 27.8. The summed E-state index contributed by atoms with van der Waals surface area (Å²) in [6.07, 6.45) is 0. The summed E-state index contributed by atoms with van der Waals surface area (Å²) in [5, 5.41) is 2.46. The maximum absolute atomic E-state index is 2.45. The molecule has 56 heavy (non-hydrogen) atoms. The van der Waals surface area contributed by atoms with Gasteiger partial charge in [0.15, 0.2) is 0 Å². The topological polar surface area (TPSA) is 18.7 Å². The highest BCUT2D eigenvalue weighted by Crippen LogP contribution is 2.48. The van der Waals surface area contributed by atoms with Crippen LogP contribution in [0, 0.1) is 0 Å². The van der Waals surface area contributed by atoms with E-state index in [0.717, 1.165) is 33.7 Å². The molecule has 4 aromatic heterocycles. The van der Waals surface area contributed by atoms with Crippen molar-refractivity contribution in [3.05, 3.63) is 194 Å². The summed E-state index contributed by atoms with van der Waals surface area (Å²) in [5.74, 6) is 0. The van der Waals surface area contributed by atoms with Crippen molar-refractivity contribution in [1.82, 2.24) is 17.9 Å². The quantitative estimate of drug-likeness (QED) is 0.170. The Balaban J connectivity index is 1.10. The third-order valence-corrected chi connectivity index (χ3v) is 12.1. The van der Waals surface area contributed by atoms with Crippen molar-refractivity contribution in [2.75, 3.05) is 0 Å². The fourth-order valence-corrected chi connectivity index (χ4v) is 9.75. The molecule has 8 aromatic carbocycles. The van der Waals surface area contributed by atoms with Crippen LogP contribution < -0.4 is 0 Å². The number of benzene rings is 8. The lowest BCUT2D eigenvalue weighted by molar-refractivity contribution is 1.14. The SMILES string of the molecule is c1ccc2c(c1)-c1ccccc1-c1ccc(-n3c4ccc(-n5c6ccccc6n6c7ccccc7cc56)cc4n4c5ccccc5cc34)cc1-c1ccccc1-2. The number of aromatic nitrogens is 4. The van der Waals surface area contributed by atoms with E-state index >= 15 is 0 Å². The van der Waals surface area contributed by atoms with E-state index in [-0.39, 0.29) is 0 Å². The fraction of sp³-hybridized carbons (Fsp3) is 0. The van der Waals surface area contributed by atoms with Crippen LogP contribution in [-0.4, -0.2) is 17.9 Å². The van der Waals surface area contributed by atoms with Crippen LogP contribution in [0.1, 0.15) is 0 Å². The van der Waals surface area contributed by atoms with Gasteiger partial charge >= 0.3 is 0 Å². The average Bonchev–Trinajstić information content (AvgIpc) is 3.99. The summed E-state index contributed by atoms with van der Waals surface area (Å²) < 4.78 is 9.71. The van der Waals surface area contributed by atoms with Crippen molar-refractivity contribution in [3.8, 4) is 55.9 Å². The van der Waals surface area contributed by atoms with Gasteiger partial charge in [-0.2, -0.15) is 0 Å². The zero-order valence-electron chi connectivity index (χ0n) is 30.3. The molecule has 260 valence electrons. The summed E-state index contributed by atoms with van der Waals surface area (Å²) in [6, 6.07) is 71.5. The van der Waals surface area contributed by atoms with Gasteiger partial charge in [-0.05, 0) is 111 Å². The van der Waals surface area contributed by atoms with Crippen molar-refractivity contribution in [2.45, 2.75) is 0 Å². The van der Waals surface area contributed by atoms with Gasteiger partial charge in [0.25, 0.3) is 0 Å². The first kappa shape index (κ1) is 29.8. The lowest BCUT2D eigenvalue weighted by atomic mass is 9.81. The highest BCUT2D eigenvalue weighted by Gasteiger charge is 2.24. The summed E-state index contributed by atoms with van der Waals surface area (Å²) in [4.78, 5) is 0. The van der Waals surface area contributed by atoms with E-state index in [1.807, 2.05) is 0 Å². The van der Waals surface area contributed by atoms with Gasteiger partial charge in [0.05, 0.1) is 33.1 Å².